The Kier molecular flexibility index (Phi) is 5.38. The smallest absolute Gasteiger partial charge is 0.242 e. The summed E-state index contributed by atoms with van der Waals surface area (Å²) < 4.78 is 0. The molecule has 0 aliphatic heterocycles. The number of likely N-dealkylation sites (N-methyl/N-ethyl adjacent to an activating group) is 1. The standard InChI is InChI=1S/C18H23N3O2/c1-14(22)15-7-6-8-16(11-15)20-12-17(23)21(2)18(13-19)9-4-3-5-10-18/h6-8,11,20H,3-5,9-10,12H2,1-2H3. The van der Waals surface area contributed by atoms with Gasteiger partial charge in [-0.3, -0.25) is 9.59 Å². The van der Waals surface area contributed by atoms with Gasteiger partial charge in [-0.15, -0.1) is 0 Å². The number of ketones is 1. The van der Waals surface area contributed by atoms with Gasteiger partial charge in [0.15, 0.2) is 5.78 Å². The molecule has 1 aromatic carbocycles. The van der Waals surface area contributed by atoms with Gasteiger partial charge in [0.05, 0.1) is 12.6 Å². The summed E-state index contributed by atoms with van der Waals surface area (Å²) in [4.78, 5) is 25.4. The van der Waals surface area contributed by atoms with Gasteiger partial charge in [-0.25, -0.2) is 0 Å². The number of carbonyl (C=O) groups is 2. The first kappa shape index (κ1) is 17.0. The third-order valence-electron chi connectivity index (χ3n) is 4.62. The number of carbonyl (C=O) groups excluding carboxylic acids is 2. The van der Waals surface area contributed by atoms with Crippen molar-refractivity contribution in [1.82, 2.24) is 4.90 Å². The van der Waals surface area contributed by atoms with E-state index in [1.807, 2.05) is 6.07 Å². The van der Waals surface area contributed by atoms with Gasteiger partial charge in [0.1, 0.15) is 5.54 Å². The zero-order valence-electron chi connectivity index (χ0n) is 13.8. The normalized spacial score (nSPS) is 16.2. The van der Waals surface area contributed by atoms with E-state index in [0.29, 0.717) is 5.56 Å². The first-order valence-corrected chi connectivity index (χ1v) is 8.01. The molecule has 23 heavy (non-hydrogen) atoms. The maximum Gasteiger partial charge on any atom is 0.242 e. The fraction of sp³-hybridized carbons (Fsp3) is 0.500. The zero-order chi connectivity index (χ0) is 16.9. The Balaban J connectivity index is 2.00. The lowest BCUT2D eigenvalue weighted by Crippen LogP contribution is -2.51. The number of amides is 1. The molecule has 0 atom stereocenters. The number of nitrogens with one attached hydrogen (secondary N) is 1. The molecule has 2 rings (SSSR count). The third-order valence-corrected chi connectivity index (χ3v) is 4.62. The van der Waals surface area contributed by atoms with E-state index in [1.54, 1.807) is 30.1 Å². The monoisotopic (exact) mass is 313 g/mol. The maximum atomic E-state index is 12.4. The fourth-order valence-electron chi connectivity index (χ4n) is 3.04. The van der Waals surface area contributed by atoms with E-state index >= 15 is 0 Å². The van der Waals surface area contributed by atoms with Crippen LogP contribution in [0.1, 0.15) is 49.4 Å². The quantitative estimate of drug-likeness (QED) is 0.848. The average molecular weight is 313 g/mol. The van der Waals surface area contributed by atoms with Gasteiger partial charge >= 0.3 is 0 Å². The van der Waals surface area contributed by atoms with Crippen LogP contribution in [-0.4, -0.2) is 35.7 Å². The van der Waals surface area contributed by atoms with Crippen molar-refractivity contribution in [2.45, 2.75) is 44.6 Å². The summed E-state index contributed by atoms with van der Waals surface area (Å²) in [5, 5.41) is 12.6. The van der Waals surface area contributed by atoms with Crippen LogP contribution in [0.15, 0.2) is 24.3 Å². The van der Waals surface area contributed by atoms with Gasteiger partial charge in [0.2, 0.25) is 5.91 Å². The Morgan fingerprint density at radius 3 is 2.61 bits per heavy atom. The molecular weight excluding hydrogens is 290 g/mol. The van der Waals surface area contributed by atoms with Crippen molar-refractivity contribution in [3.8, 4) is 6.07 Å². The molecule has 0 bridgehead atoms. The van der Waals surface area contributed by atoms with Crippen molar-refractivity contribution >= 4 is 17.4 Å². The molecule has 1 N–H and O–H groups in total. The summed E-state index contributed by atoms with van der Waals surface area (Å²) in [6.45, 7) is 1.62. The topological polar surface area (TPSA) is 73.2 Å². The number of nitriles is 1. The molecule has 5 heteroatoms. The number of rotatable bonds is 5. The lowest BCUT2D eigenvalue weighted by molar-refractivity contribution is -0.132. The Morgan fingerprint density at radius 2 is 2.00 bits per heavy atom. The van der Waals surface area contributed by atoms with E-state index in [2.05, 4.69) is 11.4 Å². The number of hydrogen-bond acceptors (Lipinski definition) is 4. The van der Waals surface area contributed by atoms with Crippen LogP contribution >= 0.6 is 0 Å². The molecule has 1 amide bonds. The van der Waals surface area contributed by atoms with Crippen molar-refractivity contribution in [1.29, 1.82) is 5.26 Å². The molecule has 1 aromatic rings. The maximum absolute atomic E-state index is 12.4. The van der Waals surface area contributed by atoms with Crippen molar-refractivity contribution in [2.75, 3.05) is 18.9 Å². The summed E-state index contributed by atoms with van der Waals surface area (Å²) in [7, 11) is 1.71. The minimum atomic E-state index is -0.668. The zero-order valence-corrected chi connectivity index (χ0v) is 13.8. The molecule has 0 aromatic heterocycles. The summed E-state index contributed by atoms with van der Waals surface area (Å²) in [5.41, 5.74) is 0.670. The molecular formula is C18H23N3O2. The second kappa shape index (κ2) is 7.28. The largest absolute Gasteiger partial charge is 0.376 e. The Labute approximate surface area is 137 Å². The Hall–Kier alpha value is -2.35. The van der Waals surface area contributed by atoms with E-state index in [9.17, 15) is 14.9 Å². The minimum absolute atomic E-state index is 0.0114. The highest BCUT2D eigenvalue weighted by Gasteiger charge is 2.38. The molecule has 1 saturated carbocycles. The van der Waals surface area contributed by atoms with Crippen molar-refractivity contribution < 1.29 is 9.59 Å². The highest BCUT2D eigenvalue weighted by atomic mass is 16.2. The lowest BCUT2D eigenvalue weighted by Gasteiger charge is -2.39. The van der Waals surface area contributed by atoms with Crippen LogP contribution < -0.4 is 5.32 Å². The van der Waals surface area contributed by atoms with Gasteiger partial charge in [-0.2, -0.15) is 5.26 Å². The molecule has 122 valence electrons. The number of nitrogens with zero attached hydrogens (tertiary/aromatic N) is 2. The van der Waals surface area contributed by atoms with E-state index < -0.39 is 5.54 Å². The second-order valence-electron chi connectivity index (χ2n) is 6.15. The summed E-state index contributed by atoms with van der Waals surface area (Å²) >= 11 is 0. The van der Waals surface area contributed by atoms with Crippen LogP contribution in [0.3, 0.4) is 0 Å². The highest BCUT2D eigenvalue weighted by Crippen LogP contribution is 2.32. The molecule has 0 spiro atoms. The number of benzene rings is 1. The van der Waals surface area contributed by atoms with Gasteiger partial charge in [0, 0.05) is 18.3 Å². The van der Waals surface area contributed by atoms with Gasteiger partial charge in [-0.1, -0.05) is 31.4 Å². The molecule has 0 heterocycles. The number of anilines is 1. The highest BCUT2D eigenvalue weighted by molar-refractivity contribution is 5.95. The molecule has 0 saturated heterocycles. The predicted octanol–water partition coefficient (Wildman–Crippen LogP) is 2.99. The second-order valence-corrected chi connectivity index (χ2v) is 6.15. The minimum Gasteiger partial charge on any atom is -0.376 e. The van der Waals surface area contributed by atoms with Crippen LogP contribution in [0.4, 0.5) is 5.69 Å². The van der Waals surface area contributed by atoms with E-state index in [-0.39, 0.29) is 18.2 Å². The van der Waals surface area contributed by atoms with E-state index in [4.69, 9.17) is 0 Å². The Morgan fingerprint density at radius 1 is 1.30 bits per heavy atom. The van der Waals surface area contributed by atoms with Crippen molar-refractivity contribution in [2.24, 2.45) is 0 Å². The third kappa shape index (κ3) is 3.89. The van der Waals surface area contributed by atoms with Crippen LogP contribution in [0.5, 0.6) is 0 Å². The summed E-state index contributed by atoms with van der Waals surface area (Å²) in [5.74, 6) is -0.121. The molecule has 5 nitrogen and oxygen atoms in total. The van der Waals surface area contributed by atoms with Crippen LogP contribution in [-0.2, 0) is 4.79 Å². The van der Waals surface area contributed by atoms with Gasteiger partial charge < -0.3 is 10.2 Å². The molecule has 1 fully saturated rings. The summed E-state index contributed by atoms with van der Waals surface area (Å²) in [6.07, 6.45) is 4.58. The summed E-state index contributed by atoms with van der Waals surface area (Å²) in [6, 6.07) is 9.43. The predicted molar refractivity (Wildman–Crippen MR) is 89.1 cm³/mol. The molecule has 0 unspecified atom stereocenters. The number of hydrogen-bond donors (Lipinski definition) is 1. The van der Waals surface area contributed by atoms with Crippen LogP contribution in [0.2, 0.25) is 0 Å². The van der Waals surface area contributed by atoms with Gasteiger partial charge in [0.25, 0.3) is 0 Å². The van der Waals surface area contributed by atoms with Crippen LogP contribution in [0, 0.1) is 11.3 Å². The first-order valence-electron chi connectivity index (χ1n) is 8.01. The van der Waals surface area contributed by atoms with E-state index in [1.165, 1.54) is 6.92 Å². The lowest BCUT2D eigenvalue weighted by atomic mass is 9.81. The van der Waals surface area contributed by atoms with Crippen molar-refractivity contribution in [3.05, 3.63) is 29.8 Å². The van der Waals surface area contributed by atoms with Gasteiger partial charge in [-0.05, 0) is 31.9 Å². The SMILES string of the molecule is CC(=O)c1cccc(NCC(=O)N(C)C2(C#N)CCCCC2)c1. The molecule has 1 aliphatic carbocycles. The Bertz CT molecular complexity index is 627. The molecule has 1 aliphatic rings. The first-order chi connectivity index (χ1) is 11.0. The van der Waals surface area contributed by atoms with Crippen molar-refractivity contribution in [3.63, 3.8) is 0 Å². The van der Waals surface area contributed by atoms with E-state index in [0.717, 1.165) is 37.8 Å². The fourth-order valence-corrected chi connectivity index (χ4v) is 3.04. The number of Topliss-reactive ketones (excluding diaryl/α,β-unsaturated/α-hetero) is 1. The average Bonchev–Trinajstić information content (AvgIpc) is 2.59. The van der Waals surface area contributed by atoms with Crippen LogP contribution in [0.25, 0.3) is 0 Å². The molecule has 0 radical (unpaired) electrons.